The molecule has 2 aromatic carbocycles. The maximum absolute atomic E-state index is 12.8. The summed E-state index contributed by atoms with van der Waals surface area (Å²) >= 11 is 0. The molecule has 0 spiro atoms. The van der Waals surface area contributed by atoms with Crippen molar-refractivity contribution in [3.63, 3.8) is 0 Å². The van der Waals surface area contributed by atoms with Gasteiger partial charge in [-0.25, -0.2) is 8.42 Å². The van der Waals surface area contributed by atoms with Gasteiger partial charge in [0.1, 0.15) is 6.04 Å². The molecule has 0 bridgehead atoms. The van der Waals surface area contributed by atoms with E-state index < -0.39 is 22.0 Å². The van der Waals surface area contributed by atoms with Gasteiger partial charge in [-0.15, -0.1) is 0 Å². The number of hydrogen-bond donors (Lipinski definition) is 3. The lowest BCUT2D eigenvalue weighted by Gasteiger charge is -2.17. The third-order valence-corrected chi connectivity index (χ3v) is 5.62. The fourth-order valence-electron chi connectivity index (χ4n) is 3.02. The number of nitrogens with one attached hydrogen (secondary N) is 2. The van der Waals surface area contributed by atoms with E-state index in [0.717, 1.165) is 0 Å². The van der Waals surface area contributed by atoms with Gasteiger partial charge in [-0.2, -0.15) is 4.72 Å². The fraction of sp³-hybridized carbons (Fsp3) is 0.294. The van der Waals surface area contributed by atoms with Crippen molar-refractivity contribution in [1.29, 1.82) is 0 Å². The SMILES string of the molecule is CC(C)C[C@H](NS(=O)(=O)c1ccc2c3c(cccc13)C(=O)N2)C(=O)O. The molecule has 8 heteroatoms. The summed E-state index contributed by atoms with van der Waals surface area (Å²) in [5.74, 6) is -1.50. The second-order valence-electron chi connectivity index (χ2n) is 6.44. The highest BCUT2D eigenvalue weighted by molar-refractivity contribution is 7.89. The van der Waals surface area contributed by atoms with Crippen molar-refractivity contribution in [2.24, 2.45) is 5.92 Å². The maximum Gasteiger partial charge on any atom is 0.321 e. The predicted molar refractivity (Wildman–Crippen MR) is 93.1 cm³/mol. The van der Waals surface area contributed by atoms with E-state index in [4.69, 9.17) is 0 Å². The third kappa shape index (κ3) is 3.10. The molecule has 0 fully saturated rings. The van der Waals surface area contributed by atoms with Crippen LogP contribution in [0.1, 0.15) is 30.6 Å². The van der Waals surface area contributed by atoms with E-state index in [0.29, 0.717) is 22.0 Å². The number of aliphatic carboxylic acids is 1. The van der Waals surface area contributed by atoms with E-state index in [-0.39, 0.29) is 23.1 Å². The minimum atomic E-state index is -4.07. The molecule has 0 saturated heterocycles. The fourth-order valence-corrected chi connectivity index (χ4v) is 4.42. The number of sulfonamides is 1. The molecule has 0 saturated carbocycles. The average molecular weight is 362 g/mol. The molecule has 0 aliphatic carbocycles. The van der Waals surface area contributed by atoms with Gasteiger partial charge in [-0.05, 0) is 30.5 Å². The molecule has 25 heavy (non-hydrogen) atoms. The minimum Gasteiger partial charge on any atom is -0.480 e. The van der Waals surface area contributed by atoms with Crippen LogP contribution in [-0.2, 0) is 14.8 Å². The molecule has 1 aliphatic rings. The summed E-state index contributed by atoms with van der Waals surface area (Å²) in [6.45, 7) is 3.64. The molecule has 3 N–H and O–H groups in total. The van der Waals surface area contributed by atoms with Crippen LogP contribution in [0.2, 0.25) is 0 Å². The lowest BCUT2D eigenvalue weighted by atomic mass is 10.1. The summed E-state index contributed by atoms with van der Waals surface area (Å²) in [5.41, 5.74) is 0.952. The van der Waals surface area contributed by atoms with E-state index in [2.05, 4.69) is 10.0 Å². The predicted octanol–water partition coefficient (Wildman–Crippen LogP) is 2.18. The number of carboxylic acids is 1. The topological polar surface area (TPSA) is 113 Å². The molecule has 1 heterocycles. The van der Waals surface area contributed by atoms with Crippen molar-refractivity contribution in [3.05, 3.63) is 35.9 Å². The zero-order chi connectivity index (χ0) is 18.4. The highest BCUT2D eigenvalue weighted by Gasteiger charge is 2.30. The van der Waals surface area contributed by atoms with Gasteiger partial charge in [-0.3, -0.25) is 9.59 Å². The number of carboxylic acid groups (broad SMARTS) is 1. The highest BCUT2D eigenvalue weighted by atomic mass is 32.2. The standard InChI is InChI=1S/C17H18N2O5S/c1-9(2)8-13(17(21)22)19-25(23,24)14-7-6-12-15-10(14)4-3-5-11(15)16(20)18-12/h3-7,9,13,19H,8H2,1-2H3,(H,18,20)(H,21,22)/t13-/m0/s1. The maximum atomic E-state index is 12.8. The van der Waals surface area contributed by atoms with Gasteiger partial charge >= 0.3 is 5.97 Å². The Hall–Kier alpha value is -2.45. The van der Waals surface area contributed by atoms with Gasteiger partial charge in [0.25, 0.3) is 5.91 Å². The number of benzene rings is 2. The summed E-state index contributed by atoms with van der Waals surface area (Å²) in [6.07, 6.45) is 0.176. The Morgan fingerprint density at radius 2 is 1.96 bits per heavy atom. The number of carbonyl (C=O) groups excluding carboxylic acids is 1. The second-order valence-corrected chi connectivity index (χ2v) is 8.12. The van der Waals surface area contributed by atoms with Crippen LogP contribution in [0.25, 0.3) is 10.8 Å². The van der Waals surface area contributed by atoms with E-state index in [9.17, 15) is 23.1 Å². The molecule has 0 radical (unpaired) electrons. The zero-order valence-electron chi connectivity index (χ0n) is 13.7. The van der Waals surface area contributed by atoms with Gasteiger partial charge in [-0.1, -0.05) is 26.0 Å². The smallest absolute Gasteiger partial charge is 0.321 e. The number of amides is 1. The molecule has 132 valence electrons. The largest absolute Gasteiger partial charge is 0.480 e. The van der Waals surface area contributed by atoms with Gasteiger partial charge in [0.05, 0.1) is 4.90 Å². The quantitative estimate of drug-likeness (QED) is 0.729. The molecule has 1 aliphatic heterocycles. The van der Waals surface area contributed by atoms with Crippen molar-refractivity contribution in [2.75, 3.05) is 5.32 Å². The Kier molecular flexibility index (Phi) is 4.26. The van der Waals surface area contributed by atoms with Crippen LogP contribution in [0.15, 0.2) is 35.2 Å². The summed E-state index contributed by atoms with van der Waals surface area (Å²) in [5, 5.41) is 12.9. The summed E-state index contributed by atoms with van der Waals surface area (Å²) in [4.78, 5) is 23.3. The van der Waals surface area contributed by atoms with Crippen LogP contribution in [0.3, 0.4) is 0 Å². The number of hydrogen-bond acceptors (Lipinski definition) is 4. The van der Waals surface area contributed by atoms with Crippen molar-refractivity contribution in [2.45, 2.75) is 31.2 Å². The van der Waals surface area contributed by atoms with Crippen LogP contribution < -0.4 is 10.0 Å². The average Bonchev–Trinajstić information content (AvgIpc) is 2.84. The molecule has 0 aromatic heterocycles. The molecule has 1 atom stereocenters. The summed E-state index contributed by atoms with van der Waals surface area (Å²) in [7, 11) is -4.07. The van der Waals surface area contributed by atoms with Crippen molar-refractivity contribution >= 4 is 38.4 Å². The van der Waals surface area contributed by atoms with E-state index >= 15 is 0 Å². The Morgan fingerprint density at radius 3 is 2.60 bits per heavy atom. The molecule has 0 unspecified atom stereocenters. The van der Waals surface area contributed by atoms with Gasteiger partial charge in [0.2, 0.25) is 10.0 Å². The van der Waals surface area contributed by atoms with E-state index in [1.54, 1.807) is 18.2 Å². The number of carbonyl (C=O) groups is 2. The van der Waals surface area contributed by atoms with E-state index in [1.165, 1.54) is 12.1 Å². The lowest BCUT2D eigenvalue weighted by molar-refractivity contribution is -0.139. The second kappa shape index (κ2) is 6.12. The molecule has 7 nitrogen and oxygen atoms in total. The Labute approximate surface area is 145 Å². The van der Waals surface area contributed by atoms with Crippen LogP contribution in [0.4, 0.5) is 5.69 Å². The summed E-state index contributed by atoms with van der Waals surface area (Å²) < 4.78 is 27.8. The minimum absolute atomic E-state index is 0.0124. The highest BCUT2D eigenvalue weighted by Crippen LogP contribution is 2.36. The van der Waals surface area contributed by atoms with Crippen LogP contribution >= 0.6 is 0 Å². The Bertz CT molecular complexity index is 982. The van der Waals surface area contributed by atoms with Gasteiger partial charge in [0, 0.05) is 22.0 Å². The molecular weight excluding hydrogens is 344 g/mol. The monoisotopic (exact) mass is 362 g/mol. The summed E-state index contributed by atoms with van der Waals surface area (Å²) in [6, 6.07) is 6.51. The number of rotatable bonds is 6. The van der Waals surface area contributed by atoms with Crippen molar-refractivity contribution in [1.82, 2.24) is 4.72 Å². The first-order valence-electron chi connectivity index (χ1n) is 7.83. The first kappa shape index (κ1) is 17.4. The van der Waals surface area contributed by atoms with Crippen LogP contribution in [0, 0.1) is 5.92 Å². The Balaban J connectivity index is 2.09. The van der Waals surface area contributed by atoms with Crippen molar-refractivity contribution < 1.29 is 23.1 Å². The van der Waals surface area contributed by atoms with E-state index in [1.807, 2.05) is 13.8 Å². The Morgan fingerprint density at radius 1 is 1.24 bits per heavy atom. The molecular formula is C17H18N2O5S. The lowest BCUT2D eigenvalue weighted by Crippen LogP contribution is -2.41. The van der Waals surface area contributed by atoms with Gasteiger partial charge in [0.15, 0.2) is 0 Å². The number of anilines is 1. The molecule has 2 aromatic rings. The van der Waals surface area contributed by atoms with Crippen molar-refractivity contribution in [3.8, 4) is 0 Å². The first-order valence-corrected chi connectivity index (χ1v) is 9.31. The molecule has 3 rings (SSSR count). The molecule has 1 amide bonds. The zero-order valence-corrected chi connectivity index (χ0v) is 14.6. The van der Waals surface area contributed by atoms with Crippen LogP contribution in [0.5, 0.6) is 0 Å². The van der Waals surface area contributed by atoms with Gasteiger partial charge < -0.3 is 10.4 Å². The normalized spacial score (nSPS) is 14.8. The third-order valence-electron chi connectivity index (χ3n) is 4.09. The van der Waals surface area contributed by atoms with Crippen LogP contribution in [-0.4, -0.2) is 31.4 Å². The first-order chi connectivity index (χ1) is 11.7.